The van der Waals surface area contributed by atoms with E-state index in [2.05, 4.69) is 24.3 Å². The van der Waals surface area contributed by atoms with Gasteiger partial charge in [-0.25, -0.2) is 0 Å². The molecular weight excluding hydrogens is 242 g/mol. The van der Waals surface area contributed by atoms with Gasteiger partial charge in [-0.05, 0) is 46.2 Å². The van der Waals surface area contributed by atoms with Crippen LogP contribution < -0.4 is 11.1 Å². The molecule has 5 heteroatoms. The molecule has 2 aliphatic rings. The zero-order chi connectivity index (χ0) is 13.9. The summed E-state index contributed by atoms with van der Waals surface area (Å²) in [5.41, 5.74) is 5.92. The Morgan fingerprint density at radius 1 is 1.37 bits per heavy atom. The van der Waals surface area contributed by atoms with Gasteiger partial charge in [-0.15, -0.1) is 0 Å². The summed E-state index contributed by atoms with van der Waals surface area (Å²) < 4.78 is 5.44. The lowest BCUT2D eigenvalue weighted by Gasteiger charge is -2.43. The van der Waals surface area contributed by atoms with E-state index < -0.39 is 0 Å². The molecule has 0 spiro atoms. The Morgan fingerprint density at radius 2 is 2.05 bits per heavy atom. The van der Waals surface area contributed by atoms with E-state index in [1.54, 1.807) is 0 Å². The number of amides is 1. The maximum atomic E-state index is 12.2. The Morgan fingerprint density at radius 3 is 2.58 bits per heavy atom. The van der Waals surface area contributed by atoms with Gasteiger partial charge < -0.3 is 20.7 Å². The Labute approximate surface area is 115 Å². The summed E-state index contributed by atoms with van der Waals surface area (Å²) in [6.45, 7) is 2.28. The van der Waals surface area contributed by atoms with Crippen molar-refractivity contribution in [2.24, 2.45) is 11.7 Å². The molecule has 5 nitrogen and oxygen atoms in total. The number of likely N-dealkylation sites (N-methyl/N-ethyl adjacent to an activating group) is 1. The van der Waals surface area contributed by atoms with Gasteiger partial charge in [0.1, 0.15) is 0 Å². The second-order valence-electron chi connectivity index (χ2n) is 6.22. The number of rotatable bonds is 4. The molecule has 0 bridgehead atoms. The van der Waals surface area contributed by atoms with Crippen molar-refractivity contribution in [3.8, 4) is 0 Å². The first kappa shape index (κ1) is 14.8. The molecule has 1 aliphatic heterocycles. The van der Waals surface area contributed by atoms with Crippen LogP contribution in [-0.4, -0.2) is 56.2 Å². The summed E-state index contributed by atoms with van der Waals surface area (Å²) in [5, 5.41) is 3.15. The van der Waals surface area contributed by atoms with Crippen LogP contribution in [0.15, 0.2) is 0 Å². The Hall–Kier alpha value is -0.650. The Balaban J connectivity index is 1.86. The molecule has 19 heavy (non-hydrogen) atoms. The first-order valence-electron chi connectivity index (χ1n) is 7.32. The second kappa shape index (κ2) is 6.20. The highest BCUT2D eigenvalue weighted by atomic mass is 16.5. The van der Waals surface area contributed by atoms with Crippen molar-refractivity contribution in [2.45, 2.75) is 43.7 Å². The number of carbonyl (C=O) groups excluding carboxylic acids is 1. The van der Waals surface area contributed by atoms with Crippen molar-refractivity contribution in [1.82, 2.24) is 10.2 Å². The zero-order valence-electron chi connectivity index (χ0n) is 12.2. The largest absolute Gasteiger partial charge is 0.381 e. The van der Waals surface area contributed by atoms with Gasteiger partial charge in [0.15, 0.2) is 0 Å². The molecule has 3 N–H and O–H groups in total. The fourth-order valence-electron chi connectivity index (χ4n) is 3.18. The first-order valence-corrected chi connectivity index (χ1v) is 7.32. The van der Waals surface area contributed by atoms with Crippen LogP contribution in [0, 0.1) is 5.92 Å². The highest BCUT2D eigenvalue weighted by Crippen LogP contribution is 2.27. The maximum absolute atomic E-state index is 12.2. The lowest BCUT2D eigenvalue weighted by molar-refractivity contribution is -0.126. The molecule has 1 aliphatic carbocycles. The van der Waals surface area contributed by atoms with E-state index in [9.17, 15) is 4.79 Å². The third kappa shape index (κ3) is 3.46. The molecule has 2 atom stereocenters. The van der Waals surface area contributed by atoms with Crippen molar-refractivity contribution in [3.63, 3.8) is 0 Å². The minimum Gasteiger partial charge on any atom is -0.381 e. The number of ether oxygens (including phenoxy) is 1. The minimum absolute atomic E-state index is 0.0502. The zero-order valence-corrected chi connectivity index (χ0v) is 12.2. The lowest BCUT2D eigenvalue weighted by Crippen LogP contribution is -2.56. The topological polar surface area (TPSA) is 67.6 Å². The number of nitrogens with one attached hydrogen (secondary N) is 1. The van der Waals surface area contributed by atoms with Gasteiger partial charge in [0.05, 0.1) is 0 Å². The van der Waals surface area contributed by atoms with Crippen LogP contribution in [0.4, 0.5) is 0 Å². The molecule has 2 fully saturated rings. The fraction of sp³-hybridized carbons (Fsp3) is 0.929. The summed E-state index contributed by atoms with van der Waals surface area (Å²) in [6.07, 6.45) is 4.70. The van der Waals surface area contributed by atoms with Crippen LogP contribution in [0.2, 0.25) is 0 Å². The average Bonchev–Trinajstić information content (AvgIpc) is 2.83. The van der Waals surface area contributed by atoms with E-state index in [-0.39, 0.29) is 23.4 Å². The summed E-state index contributed by atoms with van der Waals surface area (Å²) in [4.78, 5) is 14.4. The van der Waals surface area contributed by atoms with Crippen molar-refractivity contribution >= 4 is 5.91 Å². The van der Waals surface area contributed by atoms with Gasteiger partial charge in [0, 0.05) is 37.3 Å². The van der Waals surface area contributed by atoms with E-state index in [1.165, 1.54) is 0 Å². The van der Waals surface area contributed by atoms with Crippen LogP contribution in [0.25, 0.3) is 0 Å². The van der Waals surface area contributed by atoms with Crippen molar-refractivity contribution in [2.75, 3.05) is 33.9 Å². The maximum Gasteiger partial charge on any atom is 0.223 e. The van der Waals surface area contributed by atoms with Gasteiger partial charge in [0.2, 0.25) is 5.91 Å². The quantitative estimate of drug-likeness (QED) is 0.772. The first-order chi connectivity index (χ1) is 9.03. The molecule has 0 aromatic rings. The number of hydrogen-bond donors (Lipinski definition) is 2. The normalized spacial score (nSPS) is 30.5. The van der Waals surface area contributed by atoms with E-state index >= 15 is 0 Å². The molecule has 0 aromatic heterocycles. The van der Waals surface area contributed by atoms with Crippen molar-refractivity contribution < 1.29 is 9.53 Å². The van der Waals surface area contributed by atoms with Crippen molar-refractivity contribution in [1.29, 1.82) is 0 Å². The van der Waals surface area contributed by atoms with Gasteiger partial charge in [0.25, 0.3) is 0 Å². The standard InChI is InChI=1S/C14H27N3O2/c1-17(2)14(5-7-19-8-6-14)10-16-13(18)11-3-4-12(15)9-11/h11-12H,3-10,15H2,1-2H3,(H,16,18). The number of nitrogens with zero attached hydrogens (tertiary/aromatic N) is 1. The highest BCUT2D eigenvalue weighted by molar-refractivity contribution is 5.79. The number of hydrogen-bond acceptors (Lipinski definition) is 4. The highest BCUT2D eigenvalue weighted by Gasteiger charge is 2.36. The summed E-state index contributed by atoms with van der Waals surface area (Å²) >= 11 is 0. The van der Waals surface area contributed by atoms with Crippen LogP contribution in [0.5, 0.6) is 0 Å². The van der Waals surface area contributed by atoms with E-state index in [0.717, 1.165) is 45.3 Å². The number of carbonyl (C=O) groups is 1. The van der Waals surface area contributed by atoms with Gasteiger partial charge >= 0.3 is 0 Å². The van der Waals surface area contributed by atoms with Crippen molar-refractivity contribution in [3.05, 3.63) is 0 Å². The SMILES string of the molecule is CN(C)C1(CNC(=O)C2CCC(N)C2)CCOCC1. The summed E-state index contributed by atoms with van der Waals surface area (Å²) in [6, 6.07) is 0.210. The minimum atomic E-state index is 0.0502. The van der Waals surface area contributed by atoms with E-state index in [0.29, 0.717) is 6.54 Å². The van der Waals surface area contributed by atoms with Crippen LogP contribution in [-0.2, 0) is 9.53 Å². The van der Waals surface area contributed by atoms with Crippen LogP contribution in [0.1, 0.15) is 32.1 Å². The van der Waals surface area contributed by atoms with Gasteiger partial charge in [-0.1, -0.05) is 0 Å². The molecule has 1 heterocycles. The molecule has 2 unspecified atom stereocenters. The molecule has 1 saturated heterocycles. The molecule has 0 radical (unpaired) electrons. The molecule has 0 aromatic carbocycles. The second-order valence-corrected chi connectivity index (χ2v) is 6.22. The van der Waals surface area contributed by atoms with Gasteiger partial charge in [-0.2, -0.15) is 0 Å². The molecule has 2 rings (SSSR count). The predicted molar refractivity (Wildman–Crippen MR) is 74.8 cm³/mol. The van der Waals surface area contributed by atoms with Crippen LogP contribution >= 0.6 is 0 Å². The number of nitrogens with two attached hydrogens (primary N) is 1. The van der Waals surface area contributed by atoms with E-state index in [4.69, 9.17) is 10.5 Å². The van der Waals surface area contributed by atoms with Gasteiger partial charge in [-0.3, -0.25) is 4.79 Å². The molecule has 1 amide bonds. The monoisotopic (exact) mass is 269 g/mol. The Kier molecular flexibility index (Phi) is 4.81. The molecular formula is C14H27N3O2. The summed E-state index contributed by atoms with van der Waals surface area (Å²) in [7, 11) is 4.17. The third-order valence-electron chi connectivity index (χ3n) is 4.81. The molecule has 110 valence electrons. The fourth-order valence-corrected chi connectivity index (χ4v) is 3.18. The van der Waals surface area contributed by atoms with E-state index in [1.807, 2.05) is 0 Å². The smallest absolute Gasteiger partial charge is 0.223 e. The lowest BCUT2D eigenvalue weighted by atomic mass is 9.88. The summed E-state index contributed by atoms with van der Waals surface area (Å²) in [5.74, 6) is 0.301. The predicted octanol–water partition coefficient (Wildman–Crippen LogP) is 0.341. The van der Waals surface area contributed by atoms with Crippen LogP contribution in [0.3, 0.4) is 0 Å². The average molecular weight is 269 g/mol. The molecule has 1 saturated carbocycles. The Bertz CT molecular complexity index is 314. The third-order valence-corrected chi connectivity index (χ3v) is 4.81.